The lowest BCUT2D eigenvalue weighted by Gasteiger charge is -2.42. The minimum atomic E-state index is -4.71. The van der Waals surface area contributed by atoms with Crippen LogP contribution in [0.2, 0.25) is 0 Å². The third kappa shape index (κ3) is 6.63. The van der Waals surface area contributed by atoms with Crippen LogP contribution in [0, 0.1) is 6.92 Å². The highest BCUT2D eigenvalue weighted by atomic mass is 19.4. The summed E-state index contributed by atoms with van der Waals surface area (Å²) < 4.78 is 48.4. The van der Waals surface area contributed by atoms with E-state index in [1.54, 1.807) is 21.7 Å². The highest BCUT2D eigenvalue weighted by Crippen LogP contribution is 2.26. The number of carbonyl (C=O) groups is 1. The maximum atomic E-state index is 12.4. The van der Waals surface area contributed by atoms with E-state index in [4.69, 9.17) is 9.84 Å². The molecule has 3 heterocycles. The van der Waals surface area contributed by atoms with E-state index < -0.39 is 12.0 Å². The average molecular weight is 510 g/mol. The number of piperidine rings is 1. The van der Waals surface area contributed by atoms with Crippen LogP contribution in [0.1, 0.15) is 39.3 Å². The van der Waals surface area contributed by atoms with Gasteiger partial charge in [0.2, 0.25) is 0 Å². The third-order valence-corrected chi connectivity index (χ3v) is 6.46. The number of aryl methyl sites for hydroxylation is 1. The Morgan fingerprint density at radius 3 is 2.14 bits per heavy atom. The largest absolute Gasteiger partial charge is 0.573 e. The van der Waals surface area contributed by atoms with Crippen LogP contribution in [-0.4, -0.2) is 82.9 Å². The van der Waals surface area contributed by atoms with E-state index in [0.29, 0.717) is 24.8 Å². The van der Waals surface area contributed by atoms with Gasteiger partial charge in [-0.3, -0.25) is 4.90 Å². The molecule has 2 saturated heterocycles. The molecule has 2 fully saturated rings. The number of hydrogen-bond acceptors (Lipinski definition) is 6. The quantitative estimate of drug-likeness (QED) is 0.601. The van der Waals surface area contributed by atoms with Crippen LogP contribution < -0.4 is 9.64 Å². The van der Waals surface area contributed by atoms with Gasteiger partial charge in [0.1, 0.15) is 11.4 Å². The van der Waals surface area contributed by atoms with Gasteiger partial charge in [-0.2, -0.15) is 5.10 Å². The number of benzene rings is 1. The minimum absolute atomic E-state index is 0.237. The van der Waals surface area contributed by atoms with Gasteiger partial charge in [-0.15, -0.1) is 13.2 Å². The highest BCUT2D eigenvalue weighted by Gasteiger charge is 2.32. The smallest absolute Gasteiger partial charge is 0.444 e. The van der Waals surface area contributed by atoms with E-state index in [1.165, 1.54) is 12.1 Å². The Bertz CT molecular complexity index is 1030. The van der Waals surface area contributed by atoms with E-state index in [0.717, 1.165) is 50.5 Å². The Labute approximate surface area is 209 Å². The predicted molar refractivity (Wildman–Crippen MR) is 130 cm³/mol. The van der Waals surface area contributed by atoms with Crippen LogP contribution in [0.5, 0.6) is 5.75 Å². The predicted octanol–water partition coefficient (Wildman–Crippen LogP) is 4.60. The SMILES string of the molecule is Cc1cc(N2CCN(C3CCN(C(=O)OC(C)(C)C)CC3)CC2)nn1-c1ccc(OC(F)(F)F)cc1. The summed E-state index contributed by atoms with van der Waals surface area (Å²) in [5.74, 6) is 0.590. The van der Waals surface area contributed by atoms with Gasteiger partial charge in [0.25, 0.3) is 0 Å². The number of halogens is 3. The minimum Gasteiger partial charge on any atom is -0.444 e. The molecule has 0 aliphatic carbocycles. The van der Waals surface area contributed by atoms with E-state index in [2.05, 4.69) is 14.5 Å². The summed E-state index contributed by atoms with van der Waals surface area (Å²) in [6, 6.07) is 8.14. The van der Waals surface area contributed by atoms with Crippen LogP contribution in [0.3, 0.4) is 0 Å². The number of amides is 1. The molecule has 36 heavy (non-hydrogen) atoms. The molecule has 1 amide bonds. The van der Waals surface area contributed by atoms with Crippen molar-refractivity contribution in [3.8, 4) is 11.4 Å². The maximum absolute atomic E-state index is 12.4. The number of ether oxygens (including phenoxy) is 2. The molecule has 0 atom stereocenters. The number of alkyl halides is 3. The first-order valence-corrected chi connectivity index (χ1v) is 12.3. The zero-order chi connectivity index (χ0) is 26.1. The molecule has 0 bridgehead atoms. The Hall–Kier alpha value is -2.95. The molecule has 2 aliphatic heterocycles. The molecular weight excluding hydrogens is 475 g/mol. The summed E-state index contributed by atoms with van der Waals surface area (Å²) in [6.45, 7) is 12.5. The summed E-state index contributed by atoms with van der Waals surface area (Å²) in [6.07, 6.45) is -3.09. The zero-order valence-corrected chi connectivity index (χ0v) is 21.2. The standard InChI is InChI=1S/C25H34F3N5O3/c1-18-17-22(29-33(18)20-5-7-21(8-6-20)35-25(26,27)28)31-15-13-30(14-16-31)19-9-11-32(12-10-19)23(34)36-24(2,3)4/h5-8,17,19H,9-16H2,1-4H3. The molecule has 1 aromatic carbocycles. The van der Waals surface area contributed by atoms with Crippen molar-refractivity contribution in [2.24, 2.45) is 0 Å². The van der Waals surface area contributed by atoms with Gasteiger partial charge in [0.15, 0.2) is 5.82 Å². The normalized spacial score (nSPS) is 18.4. The van der Waals surface area contributed by atoms with Gasteiger partial charge in [0.05, 0.1) is 5.69 Å². The van der Waals surface area contributed by atoms with Crippen molar-refractivity contribution in [1.82, 2.24) is 19.6 Å². The highest BCUT2D eigenvalue weighted by molar-refractivity contribution is 5.68. The van der Waals surface area contributed by atoms with Gasteiger partial charge in [-0.25, -0.2) is 9.48 Å². The molecular formula is C25H34F3N5O3. The first kappa shape index (κ1) is 26.1. The molecule has 0 spiro atoms. The van der Waals surface area contributed by atoms with Crippen molar-refractivity contribution in [2.45, 2.75) is 58.5 Å². The lowest BCUT2D eigenvalue weighted by Crippen LogP contribution is -2.54. The lowest BCUT2D eigenvalue weighted by atomic mass is 10.0. The number of anilines is 1. The summed E-state index contributed by atoms with van der Waals surface area (Å²) in [5.41, 5.74) is 1.08. The fraction of sp³-hybridized carbons (Fsp3) is 0.600. The van der Waals surface area contributed by atoms with E-state index in [-0.39, 0.29) is 11.8 Å². The number of carbonyl (C=O) groups excluding carboxylic acids is 1. The van der Waals surface area contributed by atoms with Crippen molar-refractivity contribution in [3.63, 3.8) is 0 Å². The molecule has 2 aliphatic rings. The molecule has 0 saturated carbocycles. The van der Waals surface area contributed by atoms with Gasteiger partial charge >= 0.3 is 12.5 Å². The van der Waals surface area contributed by atoms with Crippen LogP contribution in [-0.2, 0) is 4.74 Å². The first-order chi connectivity index (χ1) is 16.9. The molecule has 11 heteroatoms. The van der Waals surface area contributed by atoms with Crippen molar-refractivity contribution < 1.29 is 27.4 Å². The maximum Gasteiger partial charge on any atom is 0.573 e. The number of aromatic nitrogens is 2. The van der Waals surface area contributed by atoms with Gasteiger partial charge < -0.3 is 19.3 Å². The molecule has 198 valence electrons. The Morgan fingerprint density at radius 2 is 1.58 bits per heavy atom. The van der Waals surface area contributed by atoms with Crippen molar-refractivity contribution >= 4 is 11.9 Å². The third-order valence-electron chi connectivity index (χ3n) is 6.46. The molecule has 4 rings (SSSR count). The molecule has 0 N–H and O–H groups in total. The Morgan fingerprint density at radius 1 is 0.972 bits per heavy atom. The summed E-state index contributed by atoms with van der Waals surface area (Å²) >= 11 is 0. The number of rotatable bonds is 4. The van der Waals surface area contributed by atoms with Gasteiger partial charge in [-0.1, -0.05) is 0 Å². The summed E-state index contributed by atoms with van der Waals surface area (Å²) in [7, 11) is 0. The van der Waals surface area contributed by atoms with Crippen LogP contribution >= 0.6 is 0 Å². The number of likely N-dealkylation sites (tertiary alicyclic amines) is 1. The average Bonchev–Trinajstić information content (AvgIpc) is 3.19. The monoisotopic (exact) mass is 509 g/mol. The molecule has 0 radical (unpaired) electrons. The fourth-order valence-electron chi connectivity index (χ4n) is 4.72. The first-order valence-electron chi connectivity index (χ1n) is 12.3. The Kier molecular flexibility index (Phi) is 7.40. The van der Waals surface area contributed by atoms with Crippen molar-refractivity contribution in [2.75, 3.05) is 44.2 Å². The van der Waals surface area contributed by atoms with Crippen LogP contribution in [0.15, 0.2) is 30.3 Å². The van der Waals surface area contributed by atoms with Gasteiger partial charge in [-0.05, 0) is 64.8 Å². The molecule has 2 aromatic rings. The van der Waals surface area contributed by atoms with Crippen molar-refractivity contribution in [3.05, 3.63) is 36.0 Å². The second-order valence-electron chi connectivity index (χ2n) is 10.3. The number of hydrogen-bond donors (Lipinski definition) is 0. The molecule has 1 aromatic heterocycles. The molecule has 0 unspecified atom stereocenters. The van der Waals surface area contributed by atoms with E-state index >= 15 is 0 Å². The van der Waals surface area contributed by atoms with Crippen LogP contribution in [0.4, 0.5) is 23.8 Å². The summed E-state index contributed by atoms with van der Waals surface area (Å²) in [5, 5.41) is 4.71. The lowest BCUT2D eigenvalue weighted by molar-refractivity contribution is -0.274. The van der Waals surface area contributed by atoms with Crippen molar-refractivity contribution in [1.29, 1.82) is 0 Å². The topological polar surface area (TPSA) is 63.1 Å². The number of piperazine rings is 1. The Balaban J connectivity index is 1.30. The molecule has 8 nitrogen and oxygen atoms in total. The number of nitrogens with zero attached hydrogens (tertiary/aromatic N) is 5. The summed E-state index contributed by atoms with van der Waals surface area (Å²) in [4.78, 5) is 18.8. The second-order valence-corrected chi connectivity index (χ2v) is 10.3. The van der Waals surface area contributed by atoms with E-state index in [1.807, 2.05) is 33.8 Å². The van der Waals surface area contributed by atoms with Crippen LogP contribution in [0.25, 0.3) is 5.69 Å². The fourth-order valence-corrected chi connectivity index (χ4v) is 4.72. The zero-order valence-electron chi connectivity index (χ0n) is 21.2. The second kappa shape index (κ2) is 10.2. The van der Waals surface area contributed by atoms with Gasteiger partial charge in [0, 0.05) is 57.1 Å². The van der Waals surface area contributed by atoms with E-state index in [9.17, 15) is 18.0 Å².